The number of sulfonamides is 1. The summed E-state index contributed by atoms with van der Waals surface area (Å²) in [6, 6.07) is 10.4. The summed E-state index contributed by atoms with van der Waals surface area (Å²) in [6.07, 6.45) is -2.78. The number of carboxylic acids is 1. The Kier molecular flexibility index (Phi) is 10.5. The number of aromatic nitrogens is 1. The lowest BCUT2D eigenvalue weighted by Gasteiger charge is -2.39. The van der Waals surface area contributed by atoms with E-state index in [-0.39, 0.29) is 37.5 Å². The third-order valence-corrected chi connectivity index (χ3v) is 10.2. The second-order valence-electron chi connectivity index (χ2n) is 10.3. The molecule has 0 bridgehead atoms. The zero-order valence-corrected chi connectivity index (χ0v) is 25.8. The SMILES string of the molecule is CCCc1ccc(CNC(=O)[C@H]2CN(c3nc(C)c(CCC(=O)O)s3)CCN2S(=O)(=O)c2ccc(OC(F)(F)F)cc2)cc1. The van der Waals surface area contributed by atoms with Gasteiger partial charge < -0.3 is 20.1 Å². The van der Waals surface area contributed by atoms with Crippen LogP contribution in [0.15, 0.2) is 53.4 Å². The minimum atomic E-state index is -4.93. The van der Waals surface area contributed by atoms with Gasteiger partial charge in [-0.25, -0.2) is 13.4 Å². The van der Waals surface area contributed by atoms with Crippen LogP contribution in [0, 0.1) is 6.92 Å². The number of halogens is 3. The van der Waals surface area contributed by atoms with E-state index >= 15 is 0 Å². The van der Waals surface area contributed by atoms with Crippen molar-refractivity contribution in [1.29, 1.82) is 0 Å². The molecule has 1 amide bonds. The number of carbonyl (C=O) groups excluding carboxylic acids is 1. The molecule has 1 atom stereocenters. The number of anilines is 1. The Hall–Kier alpha value is -3.69. The first-order valence-corrected chi connectivity index (χ1v) is 16.2. The number of aryl methyl sites for hydroxylation is 3. The van der Waals surface area contributed by atoms with Crippen molar-refractivity contribution in [2.75, 3.05) is 24.5 Å². The number of nitrogens with one attached hydrogen (secondary N) is 1. The highest BCUT2D eigenvalue weighted by molar-refractivity contribution is 7.89. The second-order valence-corrected chi connectivity index (χ2v) is 13.2. The highest BCUT2D eigenvalue weighted by Gasteiger charge is 2.41. The van der Waals surface area contributed by atoms with E-state index in [1.165, 1.54) is 11.3 Å². The van der Waals surface area contributed by atoms with Crippen LogP contribution in [0.3, 0.4) is 0 Å². The number of benzene rings is 2. The fraction of sp³-hybridized carbons (Fsp3) is 0.414. The number of alkyl halides is 3. The van der Waals surface area contributed by atoms with Gasteiger partial charge in [-0.1, -0.05) is 37.6 Å². The molecule has 0 radical (unpaired) electrons. The molecule has 0 unspecified atom stereocenters. The third kappa shape index (κ3) is 8.48. The van der Waals surface area contributed by atoms with Gasteiger partial charge in [0.05, 0.1) is 17.0 Å². The summed E-state index contributed by atoms with van der Waals surface area (Å²) in [7, 11) is -4.31. The molecule has 1 aromatic heterocycles. The number of ether oxygens (including phenoxy) is 1. The Morgan fingerprint density at radius 3 is 2.34 bits per heavy atom. The van der Waals surface area contributed by atoms with Crippen LogP contribution in [0.2, 0.25) is 0 Å². The first kappa shape index (κ1) is 33.2. The van der Waals surface area contributed by atoms with Crippen LogP contribution >= 0.6 is 11.3 Å². The summed E-state index contributed by atoms with van der Waals surface area (Å²) in [4.78, 5) is 31.5. The topological polar surface area (TPSA) is 129 Å². The minimum absolute atomic E-state index is 0.0406. The van der Waals surface area contributed by atoms with E-state index in [0.717, 1.165) is 57.4 Å². The second kappa shape index (κ2) is 13.9. The van der Waals surface area contributed by atoms with Crippen molar-refractivity contribution in [3.05, 3.63) is 70.2 Å². The van der Waals surface area contributed by atoms with Crippen LogP contribution in [-0.4, -0.2) is 66.7 Å². The summed E-state index contributed by atoms with van der Waals surface area (Å²) in [5, 5.41) is 12.4. The average Bonchev–Trinajstić information content (AvgIpc) is 3.35. The summed E-state index contributed by atoms with van der Waals surface area (Å²) >= 11 is 1.29. The third-order valence-electron chi connectivity index (χ3n) is 7.04. The Morgan fingerprint density at radius 2 is 1.73 bits per heavy atom. The fourth-order valence-corrected chi connectivity index (χ4v) is 7.48. The predicted octanol–water partition coefficient (Wildman–Crippen LogP) is 4.52. The molecule has 2 N–H and O–H groups in total. The number of piperazine rings is 1. The van der Waals surface area contributed by atoms with Crippen LogP contribution in [0.4, 0.5) is 18.3 Å². The number of hydrogen-bond acceptors (Lipinski definition) is 8. The molecule has 0 aliphatic carbocycles. The van der Waals surface area contributed by atoms with Gasteiger partial charge in [-0.15, -0.1) is 24.5 Å². The number of aliphatic carboxylic acids is 1. The molecule has 44 heavy (non-hydrogen) atoms. The van der Waals surface area contributed by atoms with E-state index < -0.39 is 40.1 Å². The minimum Gasteiger partial charge on any atom is -0.481 e. The van der Waals surface area contributed by atoms with Crippen molar-refractivity contribution < 1.29 is 41.0 Å². The normalized spacial score (nSPS) is 16.1. The lowest BCUT2D eigenvalue weighted by atomic mass is 10.1. The molecule has 2 aromatic carbocycles. The van der Waals surface area contributed by atoms with E-state index in [1.807, 2.05) is 24.3 Å². The summed E-state index contributed by atoms with van der Waals surface area (Å²) in [5.74, 6) is -2.06. The maximum Gasteiger partial charge on any atom is 0.573 e. The number of thiazole rings is 1. The lowest BCUT2D eigenvalue weighted by Crippen LogP contribution is -2.60. The zero-order chi connectivity index (χ0) is 32.1. The van der Waals surface area contributed by atoms with Crippen LogP contribution in [0.25, 0.3) is 0 Å². The first-order valence-electron chi connectivity index (χ1n) is 13.9. The van der Waals surface area contributed by atoms with Gasteiger partial charge >= 0.3 is 12.3 Å². The molecule has 1 fully saturated rings. The Labute approximate surface area is 257 Å². The van der Waals surface area contributed by atoms with E-state index in [9.17, 15) is 31.2 Å². The van der Waals surface area contributed by atoms with Crippen LogP contribution < -0.4 is 15.0 Å². The predicted molar refractivity (Wildman–Crippen MR) is 158 cm³/mol. The number of hydrogen-bond donors (Lipinski definition) is 2. The van der Waals surface area contributed by atoms with Crippen molar-refractivity contribution in [1.82, 2.24) is 14.6 Å². The standard InChI is InChI=1S/C29H33F3N4O6S2/c1-3-4-20-5-7-21(8-6-20)17-33-27(39)24-18-35(28-34-19(2)25(43-28)13-14-26(37)38)15-16-36(24)44(40,41)23-11-9-22(10-12-23)42-29(30,31)32/h5-12,24H,3-4,13-18H2,1-2H3,(H,33,39)(H,37,38)/t24-/m1/s1. The van der Waals surface area contributed by atoms with Crippen LogP contribution in [0.5, 0.6) is 5.75 Å². The molecule has 0 saturated carbocycles. The molecule has 1 aliphatic heterocycles. The number of carbonyl (C=O) groups is 2. The van der Waals surface area contributed by atoms with Gasteiger partial charge in [0.25, 0.3) is 0 Å². The smallest absolute Gasteiger partial charge is 0.481 e. The van der Waals surface area contributed by atoms with Crippen LogP contribution in [-0.2, 0) is 39.0 Å². The van der Waals surface area contributed by atoms with Gasteiger partial charge in [0.2, 0.25) is 15.9 Å². The summed E-state index contributed by atoms with van der Waals surface area (Å²) in [5.41, 5.74) is 2.66. The molecule has 2 heterocycles. The van der Waals surface area contributed by atoms with Gasteiger partial charge in [-0.3, -0.25) is 9.59 Å². The molecule has 4 rings (SSSR count). The Bertz CT molecular complexity index is 1560. The van der Waals surface area contributed by atoms with Crippen molar-refractivity contribution in [2.24, 2.45) is 0 Å². The van der Waals surface area contributed by atoms with Crippen molar-refractivity contribution in [2.45, 2.75) is 63.4 Å². The van der Waals surface area contributed by atoms with Gasteiger partial charge in [0.15, 0.2) is 5.13 Å². The maximum atomic E-state index is 13.7. The average molecular weight is 655 g/mol. The molecular formula is C29H33F3N4O6S2. The molecule has 0 spiro atoms. The molecule has 238 valence electrons. The molecule has 1 aliphatic rings. The van der Waals surface area contributed by atoms with E-state index in [0.29, 0.717) is 17.2 Å². The molecule has 1 saturated heterocycles. The fourth-order valence-electron chi connectivity index (χ4n) is 4.81. The van der Waals surface area contributed by atoms with Crippen molar-refractivity contribution >= 4 is 38.4 Å². The highest BCUT2D eigenvalue weighted by Crippen LogP contribution is 2.31. The first-order chi connectivity index (χ1) is 20.8. The van der Waals surface area contributed by atoms with E-state index in [4.69, 9.17) is 5.11 Å². The van der Waals surface area contributed by atoms with Gasteiger partial charge in [0.1, 0.15) is 11.8 Å². The largest absolute Gasteiger partial charge is 0.573 e. The van der Waals surface area contributed by atoms with Gasteiger partial charge in [-0.05, 0) is 55.2 Å². The summed E-state index contributed by atoms with van der Waals surface area (Å²) in [6.45, 7) is 4.05. The Morgan fingerprint density at radius 1 is 1.07 bits per heavy atom. The maximum absolute atomic E-state index is 13.7. The molecule has 10 nitrogen and oxygen atoms in total. The Balaban J connectivity index is 1.57. The lowest BCUT2D eigenvalue weighted by molar-refractivity contribution is -0.274. The van der Waals surface area contributed by atoms with Gasteiger partial charge in [-0.2, -0.15) is 4.31 Å². The van der Waals surface area contributed by atoms with Crippen molar-refractivity contribution in [3.8, 4) is 5.75 Å². The highest BCUT2D eigenvalue weighted by atomic mass is 32.2. The monoisotopic (exact) mass is 654 g/mol. The number of rotatable bonds is 12. The number of nitrogens with zero attached hydrogens (tertiary/aromatic N) is 3. The quantitative estimate of drug-likeness (QED) is 0.292. The zero-order valence-electron chi connectivity index (χ0n) is 24.1. The van der Waals surface area contributed by atoms with E-state index in [1.54, 1.807) is 11.8 Å². The molecule has 15 heteroatoms. The number of carboxylic acid groups (broad SMARTS) is 1. The van der Waals surface area contributed by atoms with Gasteiger partial charge in [0, 0.05) is 31.1 Å². The summed E-state index contributed by atoms with van der Waals surface area (Å²) < 4.78 is 70.2. The number of amides is 1. The molecular weight excluding hydrogens is 621 g/mol. The van der Waals surface area contributed by atoms with E-state index in [2.05, 4.69) is 22.0 Å². The molecule has 3 aromatic rings. The van der Waals surface area contributed by atoms with Crippen LogP contribution in [0.1, 0.15) is 41.5 Å². The van der Waals surface area contributed by atoms with Crippen molar-refractivity contribution in [3.63, 3.8) is 0 Å².